The van der Waals surface area contributed by atoms with E-state index < -0.39 is 11.6 Å². The minimum Gasteiger partial charge on any atom is -0.478 e. The van der Waals surface area contributed by atoms with Gasteiger partial charge in [0.15, 0.2) is 0 Å². The largest absolute Gasteiger partial charge is 0.478 e. The standard InChI is InChI=1S/C34H43ClN2O3/c1-32(2,3)20-19-29(24-10-12-25(13-11-24)31(39)40)37-30(38)28(16-9-23-7-14-27(35)15-8-23)36-34(37)21-17-26(18-22-34)33(4,5)6/h7-16,26,29H,17-22H2,1-6H3,(H,39,40)/t26?,29-,34?/m1/s1. The second-order valence-electron chi connectivity index (χ2n) is 13.7. The van der Waals surface area contributed by atoms with E-state index in [2.05, 4.69) is 46.4 Å². The number of rotatable bonds is 7. The fourth-order valence-electron chi connectivity index (χ4n) is 6.09. The highest BCUT2D eigenvalue weighted by Crippen LogP contribution is 2.50. The number of aromatic carboxylic acids is 1. The van der Waals surface area contributed by atoms with Gasteiger partial charge in [0, 0.05) is 5.02 Å². The lowest BCUT2D eigenvalue weighted by Crippen LogP contribution is -2.51. The van der Waals surface area contributed by atoms with Gasteiger partial charge in [-0.3, -0.25) is 9.79 Å². The van der Waals surface area contributed by atoms with Crippen molar-refractivity contribution in [3.05, 3.63) is 76.3 Å². The van der Waals surface area contributed by atoms with Gasteiger partial charge in [-0.05, 0) is 96.7 Å². The molecular weight excluding hydrogens is 520 g/mol. The van der Waals surface area contributed by atoms with Gasteiger partial charge in [-0.2, -0.15) is 0 Å². The summed E-state index contributed by atoms with van der Waals surface area (Å²) in [5.74, 6) is -0.438. The number of halogens is 1. The fourth-order valence-corrected chi connectivity index (χ4v) is 6.21. The van der Waals surface area contributed by atoms with E-state index in [1.165, 1.54) is 0 Å². The third-order valence-electron chi connectivity index (χ3n) is 8.55. The molecule has 0 aromatic heterocycles. The Morgan fingerprint density at radius 3 is 2.15 bits per heavy atom. The average molecular weight is 563 g/mol. The number of carboxylic acids is 1. The van der Waals surface area contributed by atoms with Crippen LogP contribution in [0.1, 0.15) is 108 Å². The fraction of sp³-hybridized carbons (Fsp3) is 0.500. The summed E-state index contributed by atoms with van der Waals surface area (Å²) in [4.78, 5) is 33.1. The number of nitrogens with zero attached hydrogens (tertiary/aromatic N) is 2. The van der Waals surface area contributed by atoms with Crippen molar-refractivity contribution in [2.75, 3.05) is 0 Å². The predicted molar refractivity (Wildman–Crippen MR) is 164 cm³/mol. The molecule has 2 aromatic rings. The van der Waals surface area contributed by atoms with Crippen LogP contribution in [-0.2, 0) is 4.79 Å². The Kier molecular flexibility index (Phi) is 8.65. The van der Waals surface area contributed by atoms with E-state index in [1.54, 1.807) is 12.1 Å². The minimum atomic E-state index is -0.954. The van der Waals surface area contributed by atoms with E-state index in [0.29, 0.717) is 16.7 Å². The molecule has 1 heterocycles. The Hall–Kier alpha value is -2.92. The zero-order valence-corrected chi connectivity index (χ0v) is 25.5. The van der Waals surface area contributed by atoms with Crippen LogP contribution in [0.15, 0.2) is 59.6 Å². The number of carboxylic acid groups (broad SMARTS) is 1. The van der Waals surface area contributed by atoms with E-state index in [1.807, 2.05) is 48.6 Å². The van der Waals surface area contributed by atoms with E-state index in [9.17, 15) is 14.7 Å². The molecule has 1 fully saturated rings. The van der Waals surface area contributed by atoms with E-state index in [4.69, 9.17) is 16.6 Å². The second-order valence-corrected chi connectivity index (χ2v) is 14.2. The Balaban J connectivity index is 1.75. The van der Waals surface area contributed by atoms with Gasteiger partial charge in [-0.15, -0.1) is 0 Å². The number of carbonyl (C=O) groups excluding carboxylic acids is 1. The SMILES string of the molecule is CC(C)(C)CC[C@H](c1ccc(C(=O)O)cc1)N1C(=O)C(C=Cc2ccc(Cl)cc2)=NC12CCC(C(C)(C)C)CC2. The van der Waals surface area contributed by atoms with Crippen molar-refractivity contribution in [3.8, 4) is 0 Å². The van der Waals surface area contributed by atoms with Crippen LogP contribution >= 0.6 is 11.6 Å². The number of carbonyl (C=O) groups is 2. The van der Waals surface area contributed by atoms with Gasteiger partial charge < -0.3 is 10.0 Å². The average Bonchev–Trinajstić information content (AvgIpc) is 3.14. The van der Waals surface area contributed by atoms with Crippen molar-refractivity contribution >= 4 is 35.3 Å². The molecule has 40 heavy (non-hydrogen) atoms. The predicted octanol–water partition coefficient (Wildman–Crippen LogP) is 8.83. The van der Waals surface area contributed by atoms with Gasteiger partial charge in [0.2, 0.25) is 0 Å². The molecule has 0 radical (unpaired) electrons. The number of hydrogen-bond acceptors (Lipinski definition) is 3. The quantitative estimate of drug-likeness (QED) is 0.366. The van der Waals surface area contributed by atoms with Crippen molar-refractivity contribution in [2.24, 2.45) is 21.7 Å². The Morgan fingerprint density at radius 2 is 1.62 bits per heavy atom. The van der Waals surface area contributed by atoms with Crippen LogP contribution in [0.4, 0.5) is 0 Å². The van der Waals surface area contributed by atoms with Gasteiger partial charge in [-0.1, -0.05) is 83.5 Å². The van der Waals surface area contributed by atoms with Crippen LogP contribution in [0.25, 0.3) is 6.08 Å². The molecule has 5 nitrogen and oxygen atoms in total. The van der Waals surface area contributed by atoms with Gasteiger partial charge in [-0.25, -0.2) is 4.79 Å². The summed E-state index contributed by atoms with van der Waals surface area (Å²) in [6, 6.07) is 14.4. The van der Waals surface area contributed by atoms with E-state index in [-0.39, 0.29) is 28.3 Å². The summed E-state index contributed by atoms with van der Waals surface area (Å²) < 4.78 is 0. The van der Waals surface area contributed by atoms with Crippen LogP contribution < -0.4 is 0 Å². The van der Waals surface area contributed by atoms with Crippen LogP contribution in [0.2, 0.25) is 5.02 Å². The third kappa shape index (κ3) is 6.86. The molecule has 0 saturated heterocycles. The Bertz CT molecular complexity index is 1270. The third-order valence-corrected chi connectivity index (χ3v) is 8.80. The van der Waals surface area contributed by atoms with E-state index in [0.717, 1.165) is 49.7 Å². The maximum absolute atomic E-state index is 14.3. The molecule has 2 aromatic carbocycles. The Labute approximate surface area is 244 Å². The molecule has 1 spiro atoms. The molecule has 1 aliphatic heterocycles. The molecule has 214 valence electrons. The normalized spacial score (nSPS) is 22.7. The minimum absolute atomic E-state index is 0.0550. The molecule has 2 aliphatic rings. The molecule has 1 amide bonds. The molecule has 0 unspecified atom stereocenters. The second kappa shape index (κ2) is 11.5. The van der Waals surface area contributed by atoms with Crippen molar-refractivity contribution in [2.45, 2.75) is 91.8 Å². The summed E-state index contributed by atoms with van der Waals surface area (Å²) in [5.41, 5.74) is 2.31. The van der Waals surface area contributed by atoms with Crippen LogP contribution in [0, 0.1) is 16.7 Å². The maximum atomic E-state index is 14.3. The lowest BCUT2D eigenvalue weighted by molar-refractivity contribution is -0.134. The molecular formula is C34H43ClN2O3. The summed E-state index contributed by atoms with van der Waals surface area (Å²) in [6.45, 7) is 13.5. The molecule has 1 N–H and O–H groups in total. The molecule has 1 aliphatic carbocycles. The first-order chi connectivity index (χ1) is 18.7. The van der Waals surface area contributed by atoms with Crippen molar-refractivity contribution in [1.29, 1.82) is 0 Å². The topological polar surface area (TPSA) is 70.0 Å². The monoisotopic (exact) mass is 562 g/mol. The van der Waals surface area contributed by atoms with Crippen LogP contribution in [0.5, 0.6) is 0 Å². The summed E-state index contributed by atoms with van der Waals surface area (Å²) in [7, 11) is 0. The zero-order valence-electron chi connectivity index (χ0n) is 24.7. The summed E-state index contributed by atoms with van der Waals surface area (Å²) >= 11 is 6.06. The van der Waals surface area contributed by atoms with Crippen molar-refractivity contribution in [3.63, 3.8) is 0 Å². The van der Waals surface area contributed by atoms with Crippen molar-refractivity contribution in [1.82, 2.24) is 4.90 Å². The maximum Gasteiger partial charge on any atom is 0.335 e. The molecule has 0 bridgehead atoms. The first-order valence-electron chi connectivity index (χ1n) is 14.4. The Morgan fingerprint density at radius 1 is 1.02 bits per heavy atom. The van der Waals surface area contributed by atoms with Crippen LogP contribution in [0.3, 0.4) is 0 Å². The first kappa shape index (κ1) is 30.0. The highest BCUT2D eigenvalue weighted by Gasteiger charge is 2.52. The number of amides is 1. The molecule has 4 rings (SSSR count). The molecule has 6 heteroatoms. The highest BCUT2D eigenvalue weighted by atomic mass is 35.5. The zero-order chi connectivity index (χ0) is 29.3. The number of hydrogen-bond donors (Lipinski definition) is 1. The van der Waals surface area contributed by atoms with Crippen molar-refractivity contribution < 1.29 is 14.7 Å². The van der Waals surface area contributed by atoms with Gasteiger partial charge in [0.05, 0.1) is 11.6 Å². The number of aliphatic imine (C=N–C) groups is 1. The first-order valence-corrected chi connectivity index (χ1v) is 14.8. The van der Waals surface area contributed by atoms with Gasteiger partial charge >= 0.3 is 5.97 Å². The van der Waals surface area contributed by atoms with Crippen LogP contribution in [-0.4, -0.2) is 33.3 Å². The molecule has 1 atom stereocenters. The lowest BCUT2D eigenvalue weighted by atomic mass is 9.69. The lowest BCUT2D eigenvalue weighted by Gasteiger charge is -2.47. The molecule has 1 saturated carbocycles. The smallest absolute Gasteiger partial charge is 0.335 e. The van der Waals surface area contributed by atoms with E-state index >= 15 is 0 Å². The summed E-state index contributed by atoms with van der Waals surface area (Å²) in [6.07, 6.45) is 9.11. The number of benzene rings is 2. The van der Waals surface area contributed by atoms with Gasteiger partial charge in [0.1, 0.15) is 11.4 Å². The summed E-state index contributed by atoms with van der Waals surface area (Å²) in [5, 5.41) is 10.1. The highest BCUT2D eigenvalue weighted by molar-refractivity contribution is 6.45. The van der Waals surface area contributed by atoms with Gasteiger partial charge in [0.25, 0.3) is 5.91 Å².